The summed E-state index contributed by atoms with van der Waals surface area (Å²) in [6.07, 6.45) is 0. The summed E-state index contributed by atoms with van der Waals surface area (Å²) in [4.78, 5) is 8.05. The SMILES string of the molecule is Cc1nc(Cl)cc(SCCO)n1. The third kappa shape index (κ3) is 2.97. The Bertz CT molecular complexity index is 249. The first kappa shape index (κ1) is 9.77. The molecule has 0 aliphatic carbocycles. The molecule has 0 saturated heterocycles. The number of hydrogen-bond donors (Lipinski definition) is 1. The lowest BCUT2D eigenvalue weighted by molar-refractivity contribution is 0.322. The molecule has 0 saturated carbocycles. The van der Waals surface area contributed by atoms with Crippen molar-refractivity contribution < 1.29 is 5.11 Å². The van der Waals surface area contributed by atoms with Gasteiger partial charge >= 0.3 is 0 Å². The minimum Gasteiger partial charge on any atom is -0.396 e. The molecule has 1 N–H and O–H groups in total. The molecule has 0 aliphatic rings. The summed E-state index contributed by atoms with van der Waals surface area (Å²) >= 11 is 7.17. The summed E-state index contributed by atoms with van der Waals surface area (Å²) in [5.41, 5.74) is 0. The molecule has 0 aromatic carbocycles. The minimum atomic E-state index is 0.144. The second kappa shape index (κ2) is 4.64. The maximum absolute atomic E-state index is 8.57. The van der Waals surface area contributed by atoms with E-state index in [0.717, 1.165) is 5.03 Å². The largest absolute Gasteiger partial charge is 0.396 e. The number of aromatic nitrogens is 2. The van der Waals surface area contributed by atoms with E-state index in [1.54, 1.807) is 13.0 Å². The summed E-state index contributed by atoms with van der Waals surface area (Å²) in [7, 11) is 0. The Morgan fingerprint density at radius 2 is 2.33 bits per heavy atom. The van der Waals surface area contributed by atoms with Gasteiger partial charge in [-0.15, -0.1) is 11.8 Å². The van der Waals surface area contributed by atoms with Crippen molar-refractivity contribution >= 4 is 23.4 Å². The van der Waals surface area contributed by atoms with E-state index in [4.69, 9.17) is 16.7 Å². The molecular weight excluding hydrogens is 196 g/mol. The molecule has 0 radical (unpaired) electrons. The third-order valence-electron chi connectivity index (χ3n) is 1.12. The van der Waals surface area contributed by atoms with Crippen LogP contribution in [0, 0.1) is 6.92 Å². The lowest BCUT2D eigenvalue weighted by atomic mass is 10.6. The Morgan fingerprint density at radius 3 is 2.92 bits per heavy atom. The highest BCUT2D eigenvalue weighted by Crippen LogP contribution is 2.17. The Morgan fingerprint density at radius 1 is 1.58 bits per heavy atom. The Balaban J connectivity index is 2.72. The zero-order valence-electron chi connectivity index (χ0n) is 6.62. The van der Waals surface area contributed by atoms with Crippen molar-refractivity contribution in [2.45, 2.75) is 11.9 Å². The second-order valence-corrected chi connectivity index (χ2v) is 3.65. The number of thioether (sulfide) groups is 1. The number of rotatable bonds is 3. The predicted molar refractivity (Wildman–Crippen MR) is 49.6 cm³/mol. The van der Waals surface area contributed by atoms with Crippen molar-refractivity contribution in [2.75, 3.05) is 12.4 Å². The van der Waals surface area contributed by atoms with Gasteiger partial charge in [-0.25, -0.2) is 9.97 Å². The van der Waals surface area contributed by atoms with Crippen molar-refractivity contribution in [3.8, 4) is 0 Å². The highest BCUT2D eigenvalue weighted by atomic mass is 35.5. The maximum atomic E-state index is 8.57. The van der Waals surface area contributed by atoms with Crippen LogP contribution < -0.4 is 0 Å². The van der Waals surface area contributed by atoms with Gasteiger partial charge in [-0.1, -0.05) is 11.6 Å². The van der Waals surface area contributed by atoms with Crippen LogP contribution in [-0.4, -0.2) is 27.4 Å². The van der Waals surface area contributed by atoms with E-state index in [0.29, 0.717) is 16.7 Å². The number of aryl methyl sites for hydroxylation is 1. The quantitative estimate of drug-likeness (QED) is 0.599. The highest BCUT2D eigenvalue weighted by molar-refractivity contribution is 7.99. The number of nitrogens with zero attached hydrogens (tertiary/aromatic N) is 2. The van der Waals surface area contributed by atoms with Crippen LogP contribution in [0.25, 0.3) is 0 Å². The molecular formula is C7H9ClN2OS. The van der Waals surface area contributed by atoms with Crippen LogP contribution in [0.3, 0.4) is 0 Å². The van der Waals surface area contributed by atoms with E-state index in [9.17, 15) is 0 Å². The first-order valence-electron chi connectivity index (χ1n) is 3.47. The fourth-order valence-electron chi connectivity index (χ4n) is 0.730. The Labute approximate surface area is 80.2 Å². The molecule has 1 aromatic rings. The van der Waals surface area contributed by atoms with Crippen LogP contribution in [0.2, 0.25) is 5.15 Å². The first-order valence-corrected chi connectivity index (χ1v) is 4.83. The third-order valence-corrected chi connectivity index (χ3v) is 2.21. The average Bonchev–Trinajstić information content (AvgIpc) is 1.99. The Hall–Kier alpha value is -0.320. The normalized spacial score (nSPS) is 10.2. The standard InChI is InChI=1S/C7H9ClN2OS/c1-5-9-6(8)4-7(10-5)12-3-2-11/h4,11H,2-3H2,1H3. The van der Waals surface area contributed by atoms with Crippen molar-refractivity contribution in [3.63, 3.8) is 0 Å². The molecule has 5 heteroatoms. The van der Waals surface area contributed by atoms with E-state index in [1.165, 1.54) is 11.8 Å². The molecule has 3 nitrogen and oxygen atoms in total. The topological polar surface area (TPSA) is 46.0 Å². The van der Waals surface area contributed by atoms with Crippen LogP contribution in [0.4, 0.5) is 0 Å². The van der Waals surface area contributed by atoms with E-state index in [2.05, 4.69) is 9.97 Å². The van der Waals surface area contributed by atoms with Crippen molar-refractivity contribution in [1.29, 1.82) is 0 Å². The average molecular weight is 205 g/mol. The molecule has 1 aromatic heterocycles. The van der Waals surface area contributed by atoms with Gasteiger partial charge in [-0.2, -0.15) is 0 Å². The fraction of sp³-hybridized carbons (Fsp3) is 0.429. The number of aliphatic hydroxyl groups excluding tert-OH is 1. The highest BCUT2D eigenvalue weighted by Gasteiger charge is 1.99. The smallest absolute Gasteiger partial charge is 0.133 e. The van der Waals surface area contributed by atoms with E-state index in [-0.39, 0.29) is 6.61 Å². The van der Waals surface area contributed by atoms with Crippen LogP contribution >= 0.6 is 23.4 Å². The minimum absolute atomic E-state index is 0.144. The Kier molecular flexibility index (Phi) is 3.78. The van der Waals surface area contributed by atoms with E-state index < -0.39 is 0 Å². The maximum Gasteiger partial charge on any atom is 0.133 e. The molecule has 0 spiro atoms. The molecule has 0 atom stereocenters. The fourth-order valence-corrected chi connectivity index (χ4v) is 1.71. The van der Waals surface area contributed by atoms with Crippen LogP contribution in [-0.2, 0) is 0 Å². The summed E-state index contributed by atoms with van der Waals surface area (Å²) in [5, 5.41) is 9.82. The summed E-state index contributed by atoms with van der Waals surface area (Å²) in [6, 6.07) is 1.69. The molecule has 1 heterocycles. The van der Waals surface area contributed by atoms with Gasteiger partial charge in [0.1, 0.15) is 16.0 Å². The van der Waals surface area contributed by atoms with Crippen LogP contribution in [0.1, 0.15) is 5.82 Å². The number of hydrogen-bond acceptors (Lipinski definition) is 4. The van der Waals surface area contributed by atoms with E-state index in [1.807, 2.05) is 0 Å². The van der Waals surface area contributed by atoms with Gasteiger partial charge in [0.25, 0.3) is 0 Å². The molecule has 1 rings (SSSR count). The molecule has 0 fully saturated rings. The lowest BCUT2D eigenvalue weighted by Gasteiger charge is -1.99. The predicted octanol–water partition coefficient (Wildman–Crippen LogP) is 1.52. The molecule has 0 unspecified atom stereocenters. The van der Waals surface area contributed by atoms with Crippen molar-refractivity contribution in [1.82, 2.24) is 9.97 Å². The van der Waals surface area contributed by atoms with Gasteiger partial charge in [-0.05, 0) is 6.92 Å². The lowest BCUT2D eigenvalue weighted by Crippen LogP contribution is -1.92. The monoisotopic (exact) mass is 204 g/mol. The summed E-state index contributed by atoms with van der Waals surface area (Å²) in [5.74, 6) is 1.29. The number of halogens is 1. The summed E-state index contributed by atoms with van der Waals surface area (Å²) < 4.78 is 0. The summed E-state index contributed by atoms with van der Waals surface area (Å²) in [6.45, 7) is 1.93. The van der Waals surface area contributed by atoms with Gasteiger partial charge in [0.15, 0.2) is 0 Å². The van der Waals surface area contributed by atoms with Crippen molar-refractivity contribution in [3.05, 3.63) is 17.0 Å². The van der Waals surface area contributed by atoms with Gasteiger partial charge in [0.05, 0.1) is 6.61 Å². The van der Waals surface area contributed by atoms with Crippen LogP contribution in [0.15, 0.2) is 11.1 Å². The molecule has 12 heavy (non-hydrogen) atoms. The zero-order valence-corrected chi connectivity index (χ0v) is 8.19. The zero-order chi connectivity index (χ0) is 8.97. The van der Waals surface area contributed by atoms with Gasteiger partial charge in [-0.3, -0.25) is 0 Å². The van der Waals surface area contributed by atoms with Gasteiger partial charge in [0, 0.05) is 11.8 Å². The second-order valence-electron chi connectivity index (χ2n) is 2.15. The molecule has 66 valence electrons. The molecule has 0 aliphatic heterocycles. The van der Waals surface area contributed by atoms with Gasteiger partial charge < -0.3 is 5.11 Å². The van der Waals surface area contributed by atoms with E-state index >= 15 is 0 Å². The molecule has 0 amide bonds. The van der Waals surface area contributed by atoms with Crippen LogP contribution in [0.5, 0.6) is 0 Å². The molecule has 0 bridgehead atoms. The van der Waals surface area contributed by atoms with Crippen molar-refractivity contribution in [2.24, 2.45) is 0 Å². The van der Waals surface area contributed by atoms with Gasteiger partial charge in [0.2, 0.25) is 0 Å². The first-order chi connectivity index (χ1) is 5.72. The number of aliphatic hydroxyl groups is 1.